The van der Waals surface area contributed by atoms with Crippen molar-refractivity contribution in [1.82, 2.24) is 5.32 Å². The van der Waals surface area contributed by atoms with Gasteiger partial charge in [0.15, 0.2) is 0 Å². The van der Waals surface area contributed by atoms with Crippen molar-refractivity contribution in [3.63, 3.8) is 0 Å². The first-order valence-electron chi connectivity index (χ1n) is 8.50. The fraction of sp³-hybridized carbons (Fsp3) is 0.300. The molecule has 1 unspecified atom stereocenters. The van der Waals surface area contributed by atoms with Gasteiger partial charge in [-0.05, 0) is 31.5 Å². The lowest BCUT2D eigenvalue weighted by atomic mass is 9.94. The van der Waals surface area contributed by atoms with E-state index in [0.717, 1.165) is 0 Å². The van der Waals surface area contributed by atoms with Crippen molar-refractivity contribution in [3.05, 3.63) is 65.7 Å². The van der Waals surface area contributed by atoms with Gasteiger partial charge in [-0.1, -0.05) is 42.5 Å². The summed E-state index contributed by atoms with van der Waals surface area (Å²) in [6.45, 7) is 3.57. The summed E-state index contributed by atoms with van der Waals surface area (Å²) < 4.78 is 40.2. The van der Waals surface area contributed by atoms with Gasteiger partial charge < -0.3 is 10.6 Å². The van der Waals surface area contributed by atoms with Crippen LogP contribution in [0.1, 0.15) is 42.1 Å². The summed E-state index contributed by atoms with van der Waals surface area (Å²) in [6.07, 6.45) is -5.33. The molecule has 0 aromatic heterocycles. The summed E-state index contributed by atoms with van der Waals surface area (Å²) in [5.41, 5.74) is 0.392. The Labute approximate surface area is 155 Å². The lowest BCUT2D eigenvalue weighted by molar-refractivity contribution is -0.155. The maximum atomic E-state index is 13.4. The predicted molar refractivity (Wildman–Crippen MR) is 97.5 cm³/mol. The van der Waals surface area contributed by atoms with E-state index in [1.807, 2.05) is 0 Å². The van der Waals surface area contributed by atoms with Gasteiger partial charge in [-0.25, -0.2) is 0 Å². The molecule has 0 fully saturated rings. The number of carbonyl (C=O) groups is 2. The van der Waals surface area contributed by atoms with Crippen molar-refractivity contribution in [2.45, 2.75) is 38.4 Å². The molecule has 2 aromatic carbocycles. The third kappa shape index (κ3) is 5.84. The SMILES string of the molecule is CC(C)NC(=O)c1ccccc1NC(=O)CC(c1ccccc1)C(F)(F)F. The average Bonchev–Trinajstić information content (AvgIpc) is 2.59. The number of carbonyl (C=O) groups excluding carboxylic acids is 2. The van der Waals surface area contributed by atoms with Crippen molar-refractivity contribution in [3.8, 4) is 0 Å². The fourth-order valence-corrected chi connectivity index (χ4v) is 2.62. The predicted octanol–water partition coefficient (Wildman–Crippen LogP) is 4.50. The van der Waals surface area contributed by atoms with Gasteiger partial charge in [0.25, 0.3) is 5.91 Å². The number of anilines is 1. The van der Waals surface area contributed by atoms with Gasteiger partial charge in [0, 0.05) is 12.5 Å². The van der Waals surface area contributed by atoms with Crippen molar-refractivity contribution in [2.24, 2.45) is 0 Å². The Balaban J connectivity index is 2.18. The van der Waals surface area contributed by atoms with E-state index < -0.39 is 30.3 Å². The Morgan fingerprint density at radius 2 is 1.56 bits per heavy atom. The highest BCUT2D eigenvalue weighted by atomic mass is 19.4. The van der Waals surface area contributed by atoms with E-state index in [0.29, 0.717) is 0 Å². The van der Waals surface area contributed by atoms with E-state index >= 15 is 0 Å². The molecule has 144 valence electrons. The lowest BCUT2D eigenvalue weighted by Crippen LogP contribution is -2.31. The first-order valence-corrected chi connectivity index (χ1v) is 8.50. The van der Waals surface area contributed by atoms with Crippen LogP contribution in [0, 0.1) is 0 Å². The van der Waals surface area contributed by atoms with Gasteiger partial charge in [-0.15, -0.1) is 0 Å². The molecule has 0 aliphatic rings. The van der Waals surface area contributed by atoms with Crippen LogP contribution in [0.2, 0.25) is 0 Å². The van der Waals surface area contributed by atoms with Crippen molar-refractivity contribution in [2.75, 3.05) is 5.32 Å². The van der Waals surface area contributed by atoms with Crippen LogP contribution in [0.5, 0.6) is 0 Å². The summed E-state index contributed by atoms with van der Waals surface area (Å²) in [4.78, 5) is 24.5. The maximum absolute atomic E-state index is 13.4. The zero-order chi connectivity index (χ0) is 20.0. The molecule has 1 atom stereocenters. The smallest absolute Gasteiger partial charge is 0.350 e. The Morgan fingerprint density at radius 3 is 2.15 bits per heavy atom. The topological polar surface area (TPSA) is 58.2 Å². The minimum Gasteiger partial charge on any atom is -0.350 e. The molecule has 7 heteroatoms. The highest BCUT2D eigenvalue weighted by Crippen LogP contribution is 2.37. The Bertz CT molecular complexity index is 789. The van der Waals surface area contributed by atoms with Gasteiger partial charge in [-0.3, -0.25) is 9.59 Å². The Morgan fingerprint density at radius 1 is 0.963 bits per heavy atom. The van der Waals surface area contributed by atoms with Crippen molar-refractivity contribution >= 4 is 17.5 Å². The highest BCUT2D eigenvalue weighted by Gasteiger charge is 2.41. The molecular weight excluding hydrogens is 357 g/mol. The van der Waals surface area contributed by atoms with Gasteiger partial charge in [0.2, 0.25) is 5.91 Å². The van der Waals surface area contributed by atoms with E-state index in [1.165, 1.54) is 36.4 Å². The molecule has 2 aromatic rings. The number of amides is 2. The molecule has 0 heterocycles. The van der Waals surface area contributed by atoms with Crippen LogP contribution in [0.4, 0.5) is 18.9 Å². The third-order valence-electron chi connectivity index (χ3n) is 3.85. The molecule has 2 amide bonds. The van der Waals surface area contributed by atoms with Gasteiger partial charge in [0.05, 0.1) is 17.2 Å². The molecule has 27 heavy (non-hydrogen) atoms. The summed E-state index contributed by atoms with van der Waals surface area (Å²) in [5.74, 6) is -3.14. The summed E-state index contributed by atoms with van der Waals surface area (Å²) in [7, 11) is 0. The molecule has 0 aliphatic carbocycles. The molecule has 0 aliphatic heterocycles. The second-order valence-electron chi connectivity index (χ2n) is 6.43. The third-order valence-corrected chi connectivity index (χ3v) is 3.85. The first-order chi connectivity index (χ1) is 12.7. The van der Waals surface area contributed by atoms with Crippen molar-refractivity contribution < 1.29 is 22.8 Å². The highest BCUT2D eigenvalue weighted by molar-refractivity contribution is 6.03. The lowest BCUT2D eigenvalue weighted by Gasteiger charge is -2.21. The van der Waals surface area contributed by atoms with E-state index in [1.54, 1.807) is 32.0 Å². The molecule has 0 bridgehead atoms. The van der Waals surface area contributed by atoms with E-state index in [-0.39, 0.29) is 22.9 Å². The molecule has 2 rings (SSSR count). The van der Waals surface area contributed by atoms with E-state index in [9.17, 15) is 22.8 Å². The number of benzene rings is 2. The molecular formula is C20H21F3N2O2. The molecule has 0 saturated carbocycles. The zero-order valence-electron chi connectivity index (χ0n) is 15.0. The number of halogens is 3. The van der Waals surface area contributed by atoms with E-state index in [4.69, 9.17) is 0 Å². The van der Waals surface area contributed by atoms with E-state index in [2.05, 4.69) is 10.6 Å². The minimum absolute atomic E-state index is 0.0194. The monoisotopic (exact) mass is 378 g/mol. The molecule has 2 N–H and O–H groups in total. The van der Waals surface area contributed by atoms with Crippen LogP contribution in [-0.4, -0.2) is 24.0 Å². The summed E-state index contributed by atoms with van der Waals surface area (Å²) in [5, 5.41) is 5.13. The van der Waals surface area contributed by atoms with Crippen molar-refractivity contribution in [1.29, 1.82) is 0 Å². The zero-order valence-corrected chi connectivity index (χ0v) is 15.0. The Hall–Kier alpha value is -2.83. The largest absolute Gasteiger partial charge is 0.396 e. The second kappa shape index (κ2) is 8.70. The normalized spacial score (nSPS) is 12.5. The van der Waals surface area contributed by atoms with Crippen LogP contribution in [0.3, 0.4) is 0 Å². The van der Waals surface area contributed by atoms with Crippen LogP contribution < -0.4 is 10.6 Å². The van der Waals surface area contributed by atoms with Gasteiger partial charge in [-0.2, -0.15) is 13.2 Å². The van der Waals surface area contributed by atoms with Crippen LogP contribution in [-0.2, 0) is 4.79 Å². The minimum atomic E-state index is -4.56. The first kappa shape index (κ1) is 20.5. The quantitative estimate of drug-likeness (QED) is 0.778. The molecule has 0 spiro atoms. The molecule has 0 radical (unpaired) electrons. The fourth-order valence-electron chi connectivity index (χ4n) is 2.62. The number of para-hydroxylation sites is 1. The number of rotatable bonds is 6. The Kier molecular flexibility index (Phi) is 6.60. The molecule has 0 saturated heterocycles. The maximum Gasteiger partial charge on any atom is 0.396 e. The van der Waals surface area contributed by atoms with Crippen LogP contribution in [0.15, 0.2) is 54.6 Å². The second-order valence-corrected chi connectivity index (χ2v) is 6.43. The van der Waals surface area contributed by atoms with Crippen LogP contribution >= 0.6 is 0 Å². The van der Waals surface area contributed by atoms with Crippen LogP contribution in [0.25, 0.3) is 0 Å². The number of nitrogens with one attached hydrogen (secondary N) is 2. The summed E-state index contributed by atoms with van der Waals surface area (Å²) >= 11 is 0. The average molecular weight is 378 g/mol. The van der Waals surface area contributed by atoms with Gasteiger partial charge in [0.1, 0.15) is 0 Å². The van der Waals surface area contributed by atoms with Gasteiger partial charge >= 0.3 is 6.18 Å². The number of alkyl halides is 3. The molecule has 4 nitrogen and oxygen atoms in total. The summed E-state index contributed by atoms with van der Waals surface area (Å²) in [6, 6.07) is 13.4. The standard InChI is InChI=1S/C20H21F3N2O2/c1-13(2)24-19(27)15-10-6-7-11-17(15)25-18(26)12-16(20(21,22)23)14-8-4-3-5-9-14/h3-11,13,16H,12H2,1-2H3,(H,24,27)(H,25,26). The number of hydrogen-bond acceptors (Lipinski definition) is 2. The number of hydrogen-bond donors (Lipinski definition) is 2.